The summed E-state index contributed by atoms with van der Waals surface area (Å²) in [6, 6.07) is 10.6. The molecule has 25 heavy (non-hydrogen) atoms. The Balaban J connectivity index is 1.56. The van der Waals surface area contributed by atoms with Crippen molar-refractivity contribution in [1.82, 2.24) is 19.4 Å². The van der Waals surface area contributed by atoms with Crippen molar-refractivity contribution in [3.8, 4) is 6.07 Å². The predicted octanol–water partition coefficient (Wildman–Crippen LogP) is 3.32. The van der Waals surface area contributed by atoms with Crippen molar-refractivity contribution in [2.24, 2.45) is 5.92 Å². The smallest absolute Gasteiger partial charge is 0.110 e. The highest BCUT2D eigenvalue weighted by Gasteiger charge is 2.22. The number of rotatable bonds is 5. The van der Waals surface area contributed by atoms with Gasteiger partial charge in [0.25, 0.3) is 0 Å². The van der Waals surface area contributed by atoms with Crippen LogP contribution in [-0.4, -0.2) is 39.1 Å². The SMILES string of the molecule is N#CCN1CCC(Cc2nc3ccccc3n2Cc2cscn2)CC1. The molecule has 0 N–H and O–H groups in total. The lowest BCUT2D eigenvalue weighted by atomic mass is 9.93. The molecular formula is C19H21N5S. The number of aromatic nitrogens is 3. The van der Waals surface area contributed by atoms with Crippen molar-refractivity contribution in [2.45, 2.75) is 25.8 Å². The van der Waals surface area contributed by atoms with Crippen molar-refractivity contribution < 1.29 is 0 Å². The Morgan fingerprint density at radius 1 is 1.24 bits per heavy atom. The van der Waals surface area contributed by atoms with Crippen LogP contribution in [0.4, 0.5) is 0 Å². The minimum Gasteiger partial charge on any atom is -0.322 e. The summed E-state index contributed by atoms with van der Waals surface area (Å²) in [4.78, 5) is 11.6. The second-order valence-electron chi connectivity index (χ2n) is 6.66. The van der Waals surface area contributed by atoms with E-state index in [1.807, 2.05) is 11.6 Å². The fourth-order valence-electron chi connectivity index (χ4n) is 3.64. The van der Waals surface area contributed by atoms with Crippen molar-refractivity contribution in [3.05, 3.63) is 46.7 Å². The molecule has 5 nitrogen and oxygen atoms in total. The van der Waals surface area contributed by atoms with Crippen molar-refractivity contribution >= 4 is 22.4 Å². The third-order valence-corrected chi connectivity index (χ3v) is 5.65. The van der Waals surface area contributed by atoms with Crippen LogP contribution in [0, 0.1) is 17.2 Å². The largest absolute Gasteiger partial charge is 0.322 e. The van der Waals surface area contributed by atoms with Crippen molar-refractivity contribution in [1.29, 1.82) is 5.26 Å². The van der Waals surface area contributed by atoms with Gasteiger partial charge in [0.2, 0.25) is 0 Å². The van der Waals surface area contributed by atoms with E-state index >= 15 is 0 Å². The molecule has 0 unspecified atom stereocenters. The van der Waals surface area contributed by atoms with Gasteiger partial charge in [-0.15, -0.1) is 11.3 Å². The van der Waals surface area contributed by atoms with Gasteiger partial charge in [-0.05, 0) is 44.0 Å². The number of fused-ring (bicyclic) bond motifs is 1. The van der Waals surface area contributed by atoms with Gasteiger partial charge in [-0.25, -0.2) is 9.97 Å². The van der Waals surface area contributed by atoms with Crippen LogP contribution in [0.25, 0.3) is 11.0 Å². The maximum atomic E-state index is 8.85. The Labute approximate surface area is 151 Å². The topological polar surface area (TPSA) is 57.7 Å². The highest BCUT2D eigenvalue weighted by atomic mass is 32.1. The zero-order valence-electron chi connectivity index (χ0n) is 14.1. The molecule has 2 aromatic heterocycles. The fourth-order valence-corrected chi connectivity index (χ4v) is 4.19. The fraction of sp³-hybridized carbons (Fsp3) is 0.421. The molecule has 1 aliphatic rings. The van der Waals surface area contributed by atoms with Gasteiger partial charge < -0.3 is 4.57 Å². The van der Waals surface area contributed by atoms with Gasteiger partial charge >= 0.3 is 0 Å². The first-order valence-electron chi connectivity index (χ1n) is 8.74. The maximum Gasteiger partial charge on any atom is 0.110 e. The van der Waals surface area contributed by atoms with Gasteiger partial charge in [0.1, 0.15) is 5.82 Å². The number of hydrogen-bond donors (Lipinski definition) is 0. The Hall–Kier alpha value is -2.23. The van der Waals surface area contributed by atoms with Crippen LogP contribution in [-0.2, 0) is 13.0 Å². The monoisotopic (exact) mass is 351 g/mol. The first-order chi connectivity index (χ1) is 12.3. The highest BCUT2D eigenvalue weighted by molar-refractivity contribution is 7.07. The third kappa shape index (κ3) is 3.58. The Kier molecular flexibility index (Phi) is 4.77. The number of imidazole rings is 1. The summed E-state index contributed by atoms with van der Waals surface area (Å²) in [5, 5.41) is 11.0. The third-order valence-electron chi connectivity index (χ3n) is 5.01. The van der Waals surface area contributed by atoms with Gasteiger partial charge in [-0.3, -0.25) is 4.90 Å². The van der Waals surface area contributed by atoms with Crippen LogP contribution in [0.2, 0.25) is 0 Å². The molecule has 4 rings (SSSR count). The first-order valence-corrected chi connectivity index (χ1v) is 9.68. The molecule has 0 bridgehead atoms. The molecule has 1 aromatic carbocycles. The van der Waals surface area contributed by atoms with Crippen LogP contribution in [0.5, 0.6) is 0 Å². The van der Waals surface area contributed by atoms with E-state index in [0.717, 1.165) is 55.9 Å². The van der Waals surface area contributed by atoms with Crippen molar-refractivity contribution in [3.63, 3.8) is 0 Å². The molecule has 0 spiro atoms. The summed E-state index contributed by atoms with van der Waals surface area (Å²) in [5.74, 6) is 1.80. The molecule has 3 aromatic rings. The molecule has 1 aliphatic heterocycles. The molecule has 1 saturated heterocycles. The lowest BCUT2D eigenvalue weighted by Gasteiger charge is -2.30. The molecule has 3 heterocycles. The van der Waals surface area contributed by atoms with Crippen LogP contribution in [0.15, 0.2) is 35.2 Å². The standard InChI is InChI=1S/C19H21N5S/c20-7-10-23-8-5-15(6-9-23)11-19-22-17-3-1-2-4-18(17)24(19)12-16-13-25-14-21-16/h1-4,13-15H,5-6,8-12H2. The van der Waals surface area contributed by atoms with Crippen LogP contribution in [0.1, 0.15) is 24.4 Å². The zero-order valence-corrected chi connectivity index (χ0v) is 15.0. The molecule has 0 aliphatic carbocycles. The normalized spacial score (nSPS) is 16.3. The Bertz CT molecular complexity index is 869. The second kappa shape index (κ2) is 7.34. The summed E-state index contributed by atoms with van der Waals surface area (Å²) >= 11 is 1.64. The summed E-state index contributed by atoms with van der Waals surface area (Å²) < 4.78 is 2.33. The summed E-state index contributed by atoms with van der Waals surface area (Å²) in [5.41, 5.74) is 5.24. The van der Waals surface area contributed by atoms with Gasteiger partial charge in [0, 0.05) is 11.8 Å². The molecule has 6 heteroatoms. The number of piperidine rings is 1. The van der Waals surface area contributed by atoms with E-state index in [0.29, 0.717) is 12.5 Å². The number of nitrogens with zero attached hydrogens (tertiary/aromatic N) is 5. The van der Waals surface area contributed by atoms with E-state index in [1.54, 1.807) is 11.3 Å². The summed E-state index contributed by atoms with van der Waals surface area (Å²) in [6.07, 6.45) is 3.28. The molecule has 0 radical (unpaired) electrons. The number of benzene rings is 1. The van der Waals surface area contributed by atoms with E-state index in [-0.39, 0.29) is 0 Å². The summed E-state index contributed by atoms with van der Waals surface area (Å²) in [6.45, 7) is 3.37. The van der Waals surface area contributed by atoms with Gasteiger partial charge in [0.05, 0.1) is 41.4 Å². The quantitative estimate of drug-likeness (QED) is 0.662. The minimum atomic E-state index is 0.551. The Morgan fingerprint density at radius 3 is 2.84 bits per heavy atom. The second-order valence-corrected chi connectivity index (χ2v) is 7.38. The molecule has 0 atom stereocenters. The minimum absolute atomic E-state index is 0.551. The molecule has 128 valence electrons. The number of para-hydroxylation sites is 2. The van der Waals surface area contributed by atoms with E-state index in [2.05, 4.69) is 44.1 Å². The number of thiazole rings is 1. The van der Waals surface area contributed by atoms with Gasteiger partial charge in [-0.1, -0.05) is 12.1 Å². The zero-order chi connectivity index (χ0) is 17.1. The number of likely N-dealkylation sites (tertiary alicyclic amines) is 1. The average molecular weight is 351 g/mol. The molecule has 0 amide bonds. The van der Waals surface area contributed by atoms with E-state index in [4.69, 9.17) is 10.2 Å². The molecule has 1 fully saturated rings. The van der Waals surface area contributed by atoms with Gasteiger partial charge in [-0.2, -0.15) is 5.26 Å². The molecule has 0 saturated carbocycles. The van der Waals surface area contributed by atoms with E-state index in [9.17, 15) is 0 Å². The lowest BCUT2D eigenvalue weighted by Crippen LogP contribution is -2.34. The number of nitriles is 1. The van der Waals surface area contributed by atoms with Crippen LogP contribution < -0.4 is 0 Å². The average Bonchev–Trinajstić information content (AvgIpc) is 3.26. The Morgan fingerprint density at radius 2 is 2.08 bits per heavy atom. The number of hydrogen-bond acceptors (Lipinski definition) is 5. The van der Waals surface area contributed by atoms with Crippen LogP contribution in [0.3, 0.4) is 0 Å². The molecular weight excluding hydrogens is 330 g/mol. The van der Waals surface area contributed by atoms with E-state index < -0.39 is 0 Å². The van der Waals surface area contributed by atoms with Crippen molar-refractivity contribution in [2.75, 3.05) is 19.6 Å². The van der Waals surface area contributed by atoms with Crippen LogP contribution >= 0.6 is 11.3 Å². The predicted molar refractivity (Wildman–Crippen MR) is 99.4 cm³/mol. The van der Waals surface area contributed by atoms with Gasteiger partial charge in [0.15, 0.2) is 0 Å². The summed E-state index contributed by atoms with van der Waals surface area (Å²) in [7, 11) is 0. The lowest BCUT2D eigenvalue weighted by molar-refractivity contribution is 0.200. The van der Waals surface area contributed by atoms with E-state index in [1.165, 1.54) is 5.52 Å². The first kappa shape index (κ1) is 16.2. The highest BCUT2D eigenvalue weighted by Crippen LogP contribution is 2.25. The maximum absolute atomic E-state index is 8.85.